The molecule has 4 nitrogen and oxygen atoms in total. The maximum absolute atomic E-state index is 10.2. The average molecular weight is 214 g/mol. The molecule has 0 aliphatic heterocycles. The Balaban J connectivity index is 2.46. The Hall–Kier alpha value is -2.19. The van der Waals surface area contributed by atoms with Crippen LogP contribution in [0.15, 0.2) is 22.9 Å². The van der Waals surface area contributed by atoms with Gasteiger partial charge in [-0.25, -0.2) is 4.79 Å². The van der Waals surface area contributed by atoms with E-state index in [1.807, 2.05) is 19.9 Å². The van der Waals surface area contributed by atoms with Gasteiger partial charge in [0.05, 0.1) is 17.0 Å². The molecular formula is C12H10N2O2. The number of hydrogen-bond acceptors (Lipinski definition) is 4. The lowest BCUT2D eigenvalue weighted by Gasteiger charge is -1.99. The minimum absolute atomic E-state index is 0.727. The molecule has 0 aromatic carbocycles. The molecule has 16 heavy (non-hydrogen) atoms. The molecule has 0 saturated carbocycles. The van der Waals surface area contributed by atoms with Crippen LogP contribution in [0.5, 0.6) is 0 Å². The van der Waals surface area contributed by atoms with E-state index in [9.17, 15) is 4.79 Å². The Bertz CT molecular complexity index is 529. The summed E-state index contributed by atoms with van der Waals surface area (Å²) in [7, 11) is 0. The second kappa shape index (κ2) is 4.13. The summed E-state index contributed by atoms with van der Waals surface area (Å²) in [5.41, 5.74) is 3.23. The van der Waals surface area contributed by atoms with E-state index < -0.39 is 0 Å². The molecule has 2 aromatic rings. The van der Waals surface area contributed by atoms with Gasteiger partial charge in [0, 0.05) is 17.8 Å². The van der Waals surface area contributed by atoms with Crippen LogP contribution in [0.25, 0.3) is 17.3 Å². The Morgan fingerprint density at radius 3 is 2.69 bits per heavy atom. The summed E-state index contributed by atoms with van der Waals surface area (Å²) in [4.78, 5) is 14.4. The molecular weight excluding hydrogens is 204 g/mol. The molecule has 0 radical (unpaired) electrons. The fraction of sp³-hybridized carbons (Fsp3) is 0.167. The molecule has 80 valence electrons. The van der Waals surface area contributed by atoms with Crippen LogP contribution in [-0.4, -0.2) is 16.1 Å². The van der Waals surface area contributed by atoms with Gasteiger partial charge in [-0.2, -0.15) is 0 Å². The van der Waals surface area contributed by atoms with Crippen LogP contribution in [0.2, 0.25) is 0 Å². The quantitative estimate of drug-likeness (QED) is 0.719. The number of nitrogens with zero attached hydrogens (tertiary/aromatic N) is 2. The highest BCUT2D eigenvalue weighted by Crippen LogP contribution is 2.24. The predicted molar refractivity (Wildman–Crippen MR) is 59.4 cm³/mol. The molecule has 0 spiro atoms. The van der Waals surface area contributed by atoms with Crippen molar-refractivity contribution in [3.8, 4) is 11.3 Å². The van der Waals surface area contributed by atoms with Crippen molar-refractivity contribution < 1.29 is 9.32 Å². The zero-order chi connectivity index (χ0) is 11.5. The number of aryl methyl sites for hydroxylation is 2. The van der Waals surface area contributed by atoms with Crippen LogP contribution in [-0.2, 0) is 4.79 Å². The summed E-state index contributed by atoms with van der Waals surface area (Å²) >= 11 is 0. The molecule has 0 bridgehead atoms. The number of aromatic nitrogens is 2. The number of pyridine rings is 1. The first-order valence-corrected chi connectivity index (χ1v) is 4.82. The first-order chi connectivity index (χ1) is 7.72. The van der Waals surface area contributed by atoms with Gasteiger partial charge in [-0.15, -0.1) is 0 Å². The lowest BCUT2D eigenvalue weighted by molar-refractivity contribution is 0.393. The largest absolute Gasteiger partial charge is 0.361 e. The second-order valence-corrected chi connectivity index (χ2v) is 3.44. The monoisotopic (exact) mass is 214 g/mol. The molecule has 2 rings (SSSR count). The van der Waals surface area contributed by atoms with E-state index in [0.717, 1.165) is 28.3 Å². The van der Waals surface area contributed by atoms with Crippen molar-refractivity contribution in [1.82, 2.24) is 10.1 Å². The van der Waals surface area contributed by atoms with E-state index in [2.05, 4.69) is 10.1 Å². The molecule has 2 aromatic heterocycles. The molecule has 0 atom stereocenters. The second-order valence-electron chi connectivity index (χ2n) is 3.44. The first kappa shape index (κ1) is 10.3. The zero-order valence-electron chi connectivity index (χ0n) is 9.02. The lowest BCUT2D eigenvalue weighted by atomic mass is 10.1. The van der Waals surface area contributed by atoms with Crippen LogP contribution in [0.4, 0.5) is 0 Å². The van der Waals surface area contributed by atoms with E-state index in [4.69, 9.17) is 4.52 Å². The van der Waals surface area contributed by atoms with Crippen molar-refractivity contribution in [2.45, 2.75) is 13.8 Å². The van der Waals surface area contributed by atoms with Crippen LogP contribution in [0.1, 0.15) is 17.0 Å². The third-order valence-corrected chi connectivity index (χ3v) is 2.30. The van der Waals surface area contributed by atoms with Crippen molar-refractivity contribution in [2.24, 2.45) is 0 Å². The van der Waals surface area contributed by atoms with Crippen molar-refractivity contribution in [3.63, 3.8) is 0 Å². The highest BCUT2D eigenvalue weighted by Gasteiger charge is 2.11. The summed E-state index contributed by atoms with van der Waals surface area (Å²) in [5, 5.41) is 3.87. The molecule has 0 aliphatic carbocycles. The van der Waals surface area contributed by atoms with Crippen molar-refractivity contribution in [1.29, 1.82) is 0 Å². The minimum Gasteiger partial charge on any atom is -0.361 e. The Kier molecular flexibility index (Phi) is 2.66. The van der Waals surface area contributed by atoms with Gasteiger partial charge in [0.25, 0.3) is 0 Å². The van der Waals surface area contributed by atoms with E-state index in [-0.39, 0.29) is 0 Å². The van der Waals surface area contributed by atoms with E-state index in [1.165, 1.54) is 6.08 Å². The molecule has 0 unspecified atom stereocenters. The third kappa shape index (κ3) is 1.78. The smallest absolute Gasteiger partial charge is 0.143 e. The molecule has 4 heteroatoms. The summed E-state index contributed by atoms with van der Waals surface area (Å²) < 4.78 is 5.07. The molecule has 0 fully saturated rings. The molecule has 0 amide bonds. The van der Waals surface area contributed by atoms with Gasteiger partial charge in [-0.05, 0) is 19.9 Å². The summed E-state index contributed by atoms with van der Waals surface area (Å²) in [5.74, 6) is 2.45. The van der Waals surface area contributed by atoms with E-state index >= 15 is 0 Å². The van der Waals surface area contributed by atoms with Crippen molar-refractivity contribution >= 4 is 12.0 Å². The van der Waals surface area contributed by atoms with Crippen molar-refractivity contribution in [3.05, 3.63) is 35.3 Å². The van der Waals surface area contributed by atoms with Gasteiger partial charge >= 0.3 is 0 Å². The Morgan fingerprint density at radius 1 is 1.38 bits per heavy atom. The summed E-state index contributed by atoms with van der Waals surface area (Å²) in [6, 6.07) is 3.63. The average Bonchev–Trinajstić information content (AvgIpc) is 2.61. The third-order valence-electron chi connectivity index (χ3n) is 2.30. The number of carbonyl (C=O) groups excluding carboxylic acids is 1. The maximum Gasteiger partial charge on any atom is 0.143 e. The molecule has 0 aliphatic rings. The lowest BCUT2D eigenvalue weighted by Crippen LogP contribution is -1.86. The normalized spacial score (nSPS) is 9.88. The zero-order valence-corrected chi connectivity index (χ0v) is 9.02. The predicted octanol–water partition coefficient (Wildman–Crippen LogP) is 2.20. The fourth-order valence-corrected chi connectivity index (χ4v) is 1.56. The first-order valence-electron chi connectivity index (χ1n) is 4.82. The maximum atomic E-state index is 10.2. The summed E-state index contributed by atoms with van der Waals surface area (Å²) in [6.07, 6.45) is 2.95. The topological polar surface area (TPSA) is 56.0 Å². The molecule has 0 saturated heterocycles. The van der Waals surface area contributed by atoms with Crippen LogP contribution in [0, 0.1) is 13.8 Å². The standard InChI is InChI=1S/C12H10N2O2/c1-8-12(9(2)16-14-8)11-4-3-10(5-6-15)7-13-11/h3-5,7H,1-2H3. The Labute approximate surface area is 92.6 Å². The van der Waals surface area contributed by atoms with Gasteiger partial charge in [-0.3, -0.25) is 4.98 Å². The fourth-order valence-electron chi connectivity index (χ4n) is 1.56. The highest BCUT2D eigenvalue weighted by atomic mass is 16.5. The van der Waals surface area contributed by atoms with Crippen LogP contribution in [0.3, 0.4) is 0 Å². The van der Waals surface area contributed by atoms with Gasteiger partial charge in [-0.1, -0.05) is 11.2 Å². The van der Waals surface area contributed by atoms with E-state index in [0.29, 0.717) is 0 Å². The van der Waals surface area contributed by atoms with Gasteiger partial charge in [0.15, 0.2) is 0 Å². The van der Waals surface area contributed by atoms with Crippen LogP contribution >= 0.6 is 0 Å². The minimum atomic E-state index is 0.727. The molecule has 0 N–H and O–H groups in total. The van der Waals surface area contributed by atoms with Gasteiger partial charge in [0.2, 0.25) is 0 Å². The Morgan fingerprint density at radius 2 is 2.19 bits per heavy atom. The van der Waals surface area contributed by atoms with Crippen molar-refractivity contribution in [2.75, 3.05) is 0 Å². The molecule has 2 heterocycles. The van der Waals surface area contributed by atoms with Crippen LogP contribution < -0.4 is 0 Å². The SMILES string of the molecule is Cc1noc(C)c1-c1ccc(C=C=O)cn1. The highest BCUT2D eigenvalue weighted by molar-refractivity contribution is 5.75. The van der Waals surface area contributed by atoms with Gasteiger partial charge in [0.1, 0.15) is 11.7 Å². The number of rotatable bonds is 2. The van der Waals surface area contributed by atoms with E-state index in [1.54, 1.807) is 18.2 Å². The van der Waals surface area contributed by atoms with Gasteiger partial charge < -0.3 is 4.52 Å². The number of hydrogen-bond donors (Lipinski definition) is 0. The summed E-state index contributed by atoms with van der Waals surface area (Å²) in [6.45, 7) is 3.71.